The van der Waals surface area contributed by atoms with Gasteiger partial charge in [0, 0.05) is 18.4 Å². The van der Waals surface area contributed by atoms with Crippen LogP contribution in [0.2, 0.25) is 0 Å². The fraction of sp³-hybridized carbons (Fsp3) is 0.533. The van der Waals surface area contributed by atoms with Gasteiger partial charge in [0.25, 0.3) is 0 Å². The molecule has 0 bridgehead atoms. The normalized spacial score (nSPS) is 10.8. The molecule has 2 aromatic carbocycles. The third-order valence-corrected chi connectivity index (χ3v) is 6.31. The minimum Gasteiger partial charge on any atom is -0.469 e. The molecule has 0 amide bonds. The number of hydrogen-bond donors (Lipinski definition) is 0. The highest BCUT2D eigenvalue weighted by Gasteiger charge is 2.07. The molecule has 0 fully saturated rings. The second-order valence-electron chi connectivity index (χ2n) is 9.07. The Kier molecular flexibility index (Phi) is 13.9. The van der Waals surface area contributed by atoms with E-state index in [-0.39, 0.29) is 11.8 Å². The maximum atomic E-state index is 12.3. The highest BCUT2D eigenvalue weighted by atomic mass is 16.5. The Morgan fingerprint density at radius 3 is 1.61 bits per heavy atom. The van der Waals surface area contributed by atoms with Gasteiger partial charge in [0.05, 0.1) is 7.11 Å². The van der Waals surface area contributed by atoms with Gasteiger partial charge in [-0.25, -0.2) is 0 Å². The van der Waals surface area contributed by atoms with Gasteiger partial charge in [-0.3, -0.25) is 9.59 Å². The molecule has 0 aliphatic carbocycles. The molecule has 180 valence electrons. The Hall–Kier alpha value is -2.42. The van der Waals surface area contributed by atoms with Crippen LogP contribution in [0.25, 0.3) is 0 Å². The first-order valence-electron chi connectivity index (χ1n) is 12.9. The zero-order chi connectivity index (χ0) is 23.6. The number of unbranched alkanes of at least 4 members (excludes halogenated alkanes) is 9. The van der Waals surface area contributed by atoms with E-state index in [0.717, 1.165) is 18.4 Å². The molecule has 33 heavy (non-hydrogen) atoms. The van der Waals surface area contributed by atoms with Crippen LogP contribution in [-0.4, -0.2) is 18.9 Å². The van der Waals surface area contributed by atoms with Crippen molar-refractivity contribution in [3.8, 4) is 0 Å². The van der Waals surface area contributed by atoms with Crippen LogP contribution < -0.4 is 0 Å². The lowest BCUT2D eigenvalue weighted by Gasteiger charge is -2.05. The van der Waals surface area contributed by atoms with E-state index < -0.39 is 0 Å². The first kappa shape index (κ1) is 26.8. The molecule has 0 aliphatic rings. The SMILES string of the molecule is COC(=O)CCCCC(=O)c1ccc(CCCCCCCCCCCc2ccccc2)cc1. The van der Waals surface area contributed by atoms with Crippen molar-refractivity contribution in [1.29, 1.82) is 0 Å². The molecule has 0 atom stereocenters. The summed E-state index contributed by atoms with van der Waals surface area (Å²) >= 11 is 0. The highest BCUT2D eigenvalue weighted by molar-refractivity contribution is 5.96. The van der Waals surface area contributed by atoms with E-state index in [1.807, 2.05) is 12.1 Å². The van der Waals surface area contributed by atoms with Crippen LogP contribution >= 0.6 is 0 Å². The summed E-state index contributed by atoms with van der Waals surface area (Å²) in [5.74, 6) is -0.0483. The Balaban J connectivity index is 1.44. The quantitative estimate of drug-likeness (QED) is 0.132. The molecule has 0 saturated heterocycles. The summed E-state index contributed by atoms with van der Waals surface area (Å²) in [6, 6.07) is 18.9. The number of methoxy groups -OCH3 is 1. The largest absolute Gasteiger partial charge is 0.469 e. The minimum absolute atomic E-state index is 0.159. The number of ketones is 1. The predicted molar refractivity (Wildman–Crippen MR) is 137 cm³/mol. The van der Waals surface area contributed by atoms with E-state index in [1.54, 1.807) is 0 Å². The van der Waals surface area contributed by atoms with E-state index in [0.29, 0.717) is 19.3 Å². The monoisotopic (exact) mass is 450 g/mol. The molecule has 0 aliphatic heterocycles. The van der Waals surface area contributed by atoms with Gasteiger partial charge < -0.3 is 4.74 Å². The molecule has 0 unspecified atom stereocenters. The molecule has 0 N–H and O–H groups in total. The number of benzene rings is 2. The highest BCUT2D eigenvalue weighted by Crippen LogP contribution is 2.15. The second-order valence-corrected chi connectivity index (χ2v) is 9.07. The van der Waals surface area contributed by atoms with Crippen molar-refractivity contribution in [3.63, 3.8) is 0 Å². The number of ether oxygens (including phenoxy) is 1. The van der Waals surface area contributed by atoms with Gasteiger partial charge in [-0.2, -0.15) is 0 Å². The first-order valence-corrected chi connectivity index (χ1v) is 12.9. The van der Waals surface area contributed by atoms with E-state index in [9.17, 15) is 9.59 Å². The van der Waals surface area contributed by atoms with Crippen molar-refractivity contribution in [2.24, 2.45) is 0 Å². The first-order chi connectivity index (χ1) is 16.2. The second kappa shape index (κ2) is 17.1. The van der Waals surface area contributed by atoms with Gasteiger partial charge in [0.2, 0.25) is 0 Å². The maximum absolute atomic E-state index is 12.3. The number of esters is 1. The number of rotatable bonds is 18. The van der Waals surface area contributed by atoms with Crippen molar-refractivity contribution in [2.45, 2.75) is 96.3 Å². The number of aryl methyl sites for hydroxylation is 2. The van der Waals surface area contributed by atoms with Crippen LogP contribution in [0.15, 0.2) is 54.6 Å². The number of Topliss-reactive ketones (excluding diaryl/α,β-unsaturated/α-hetero) is 1. The summed E-state index contributed by atoms with van der Waals surface area (Å²) in [6.07, 6.45) is 16.5. The van der Waals surface area contributed by atoms with E-state index in [1.165, 1.54) is 82.4 Å². The van der Waals surface area contributed by atoms with Crippen LogP contribution in [0, 0.1) is 0 Å². The number of carbonyl (C=O) groups excluding carboxylic acids is 2. The fourth-order valence-electron chi connectivity index (χ4n) is 4.20. The molecule has 0 saturated carbocycles. The topological polar surface area (TPSA) is 43.4 Å². The van der Waals surface area contributed by atoms with Gasteiger partial charge in [-0.05, 0) is 49.7 Å². The van der Waals surface area contributed by atoms with E-state index in [4.69, 9.17) is 0 Å². The average Bonchev–Trinajstić information content (AvgIpc) is 2.85. The summed E-state index contributed by atoms with van der Waals surface area (Å²) in [5.41, 5.74) is 3.56. The van der Waals surface area contributed by atoms with Gasteiger partial charge in [-0.1, -0.05) is 99.5 Å². The Morgan fingerprint density at radius 2 is 1.06 bits per heavy atom. The minimum atomic E-state index is -0.207. The lowest BCUT2D eigenvalue weighted by molar-refractivity contribution is -0.140. The van der Waals surface area contributed by atoms with Crippen LogP contribution in [0.3, 0.4) is 0 Å². The van der Waals surface area contributed by atoms with E-state index in [2.05, 4.69) is 47.2 Å². The van der Waals surface area contributed by atoms with Crippen molar-refractivity contribution in [3.05, 3.63) is 71.3 Å². The average molecular weight is 451 g/mol. The van der Waals surface area contributed by atoms with Crippen molar-refractivity contribution in [1.82, 2.24) is 0 Å². The molecule has 3 nitrogen and oxygen atoms in total. The molecule has 3 heteroatoms. The van der Waals surface area contributed by atoms with E-state index >= 15 is 0 Å². The predicted octanol–water partition coefficient (Wildman–Crippen LogP) is 7.90. The molecule has 2 aromatic rings. The fourth-order valence-corrected chi connectivity index (χ4v) is 4.20. The van der Waals surface area contributed by atoms with Crippen molar-refractivity contribution < 1.29 is 14.3 Å². The zero-order valence-electron chi connectivity index (χ0n) is 20.5. The van der Waals surface area contributed by atoms with Crippen LogP contribution in [0.1, 0.15) is 105 Å². The molecule has 2 rings (SSSR count). The summed E-state index contributed by atoms with van der Waals surface area (Å²) in [6.45, 7) is 0. The van der Waals surface area contributed by atoms with Crippen LogP contribution in [-0.2, 0) is 22.4 Å². The van der Waals surface area contributed by atoms with Crippen molar-refractivity contribution in [2.75, 3.05) is 7.11 Å². The molecule has 0 radical (unpaired) electrons. The molecular weight excluding hydrogens is 408 g/mol. The summed E-state index contributed by atoms with van der Waals surface area (Å²) in [4.78, 5) is 23.4. The maximum Gasteiger partial charge on any atom is 0.305 e. The Morgan fingerprint density at radius 1 is 0.576 bits per heavy atom. The van der Waals surface area contributed by atoms with Gasteiger partial charge in [-0.15, -0.1) is 0 Å². The Bertz CT molecular complexity index is 780. The summed E-state index contributed by atoms with van der Waals surface area (Å²) in [7, 11) is 1.39. The molecule has 0 heterocycles. The van der Waals surface area contributed by atoms with Gasteiger partial charge in [0.1, 0.15) is 0 Å². The third kappa shape index (κ3) is 12.4. The molecule has 0 aromatic heterocycles. The van der Waals surface area contributed by atoms with Gasteiger partial charge in [0.15, 0.2) is 5.78 Å². The van der Waals surface area contributed by atoms with Crippen LogP contribution in [0.5, 0.6) is 0 Å². The van der Waals surface area contributed by atoms with Gasteiger partial charge >= 0.3 is 5.97 Å². The molecular formula is C30H42O3. The van der Waals surface area contributed by atoms with Crippen LogP contribution in [0.4, 0.5) is 0 Å². The van der Waals surface area contributed by atoms with Crippen molar-refractivity contribution >= 4 is 11.8 Å². The zero-order valence-corrected chi connectivity index (χ0v) is 20.5. The summed E-state index contributed by atoms with van der Waals surface area (Å²) in [5, 5.41) is 0. The lowest BCUT2D eigenvalue weighted by Crippen LogP contribution is -2.02. The number of carbonyl (C=O) groups is 2. The smallest absolute Gasteiger partial charge is 0.305 e. The lowest BCUT2D eigenvalue weighted by atomic mass is 10.00. The summed E-state index contributed by atoms with van der Waals surface area (Å²) < 4.78 is 4.62. The Labute approximate surface area is 200 Å². The standard InChI is InChI=1S/C30H42O3/c1-33-30(32)21-15-14-20-29(31)28-24-22-27(23-25-28)19-11-8-6-4-2-3-5-7-10-16-26-17-12-9-13-18-26/h9,12-13,17-18,22-25H,2-8,10-11,14-16,19-21H2,1H3. The number of hydrogen-bond acceptors (Lipinski definition) is 3. The third-order valence-electron chi connectivity index (χ3n) is 6.31. The molecule has 0 spiro atoms.